The van der Waals surface area contributed by atoms with Crippen LogP contribution in [0, 0.1) is 11.7 Å². The number of carbonyl (C=O) groups is 1. The number of halogens is 2. The zero-order valence-corrected chi connectivity index (χ0v) is 18.8. The molecule has 1 heterocycles. The van der Waals surface area contributed by atoms with Crippen molar-refractivity contribution in [3.05, 3.63) is 53.8 Å². The third kappa shape index (κ3) is 6.50. The van der Waals surface area contributed by atoms with E-state index in [-0.39, 0.29) is 11.5 Å². The van der Waals surface area contributed by atoms with Gasteiger partial charge in [-0.05, 0) is 81.1 Å². The molecule has 0 aliphatic carbocycles. The standard InChI is InChI=1S/C25H32F2N2O2/c1-25(2,27)17-29-13-11-18(12-14-29)16-31-21-8-5-19(6-9-21)20-7-10-22(23(26)15-20)24(30)28(3)4/h5-10,15,18H,11-14,16-17H2,1-4H3. The van der Waals surface area contributed by atoms with Gasteiger partial charge in [-0.2, -0.15) is 0 Å². The van der Waals surface area contributed by atoms with Gasteiger partial charge in [0.25, 0.3) is 5.91 Å². The van der Waals surface area contributed by atoms with Gasteiger partial charge in [-0.25, -0.2) is 8.78 Å². The Kier molecular flexibility index (Phi) is 7.31. The number of benzene rings is 2. The van der Waals surface area contributed by atoms with Crippen molar-refractivity contribution in [3.8, 4) is 16.9 Å². The summed E-state index contributed by atoms with van der Waals surface area (Å²) in [7, 11) is 3.20. The zero-order chi connectivity index (χ0) is 22.6. The lowest BCUT2D eigenvalue weighted by Gasteiger charge is -2.34. The fraction of sp³-hybridized carbons (Fsp3) is 0.480. The van der Waals surface area contributed by atoms with Crippen LogP contribution >= 0.6 is 0 Å². The number of alkyl halides is 1. The summed E-state index contributed by atoms with van der Waals surface area (Å²) in [6.07, 6.45) is 2.01. The van der Waals surface area contributed by atoms with Gasteiger partial charge in [0, 0.05) is 20.6 Å². The van der Waals surface area contributed by atoms with E-state index in [2.05, 4.69) is 4.90 Å². The van der Waals surface area contributed by atoms with Crippen molar-refractivity contribution < 1.29 is 18.3 Å². The maximum atomic E-state index is 14.4. The molecule has 168 valence electrons. The molecule has 0 N–H and O–H groups in total. The highest BCUT2D eigenvalue weighted by molar-refractivity contribution is 5.94. The number of hydrogen-bond donors (Lipinski definition) is 0. The number of amides is 1. The van der Waals surface area contributed by atoms with Crippen LogP contribution in [0.2, 0.25) is 0 Å². The number of carbonyl (C=O) groups excluding carboxylic acids is 1. The SMILES string of the molecule is CN(C)C(=O)c1ccc(-c2ccc(OCC3CCN(CC(C)(C)F)CC3)cc2)cc1F. The molecule has 3 rings (SSSR count). The van der Waals surface area contributed by atoms with Gasteiger partial charge in [0.15, 0.2) is 0 Å². The largest absolute Gasteiger partial charge is 0.493 e. The molecular formula is C25H32F2N2O2. The Morgan fingerprint density at radius 1 is 1.10 bits per heavy atom. The van der Waals surface area contributed by atoms with E-state index >= 15 is 0 Å². The van der Waals surface area contributed by atoms with Crippen LogP contribution in [0.25, 0.3) is 11.1 Å². The van der Waals surface area contributed by atoms with Gasteiger partial charge in [-0.1, -0.05) is 18.2 Å². The van der Waals surface area contributed by atoms with Gasteiger partial charge < -0.3 is 14.5 Å². The van der Waals surface area contributed by atoms with Gasteiger partial charge in [-0.3, -0.25) is 4.79 Å². The van der Waals surface area contributed by atoms with E-state index < -0.39 is 11.5 Å². The van der Waals surface area contributed by atoms with E-state index in [9.17, 15) is 13.6 Å². The Bertz CT molecular complexity index is 883. The topological polar surface area (TPSA) is 32.8 Å². The van der Waals surface area contributed by atoms with E-state index in [1.54, 1.807) is 34.0 Å². The summed E-state index contributed by atoms with van der Waals surface area (Å²) in [5.74, 6) is 0.358. The number of rotatable bonds is 7. The van der Waals surface area contributed by atoms with Gasteiger partial charge in [0.1, 0.15) is 17.2 Å². The van der Waals surface area contributed by atoms with Crippen LogP contribution in [-0.2, 0) is 0 Å². The van der Waals surface area contributed by atoms with Crippen LogP contribution in [0.3, 0.4) is 0 Å². The van der Waals surface area contributed by atoms with Crippen molar-refractivity contribution in [2.24, 2.45) is 5.92 Å². The minimum absolute atomic E-state index is 0.0647. The Hall–Kier alpha value is -2.47. The maximum Gasteiger partial charge on any atom is 0.256 e. The first-order valence-electron chi connectivity index (χ1n) is 10.8. The van der Waals surface area contributed by atoms with Gasteiger partial charge in [0.05, 0.1) is 12.2 Å². The van der Waals surface area contributed by atoms with Crippen molar-refractivity contribution in [1.82, 2.24) is 9.80 Å². The number of likely N-dealkylation sites (tertiary alicyclic amines) is 1. The molecule has 0 unspecified atom stereocenters. The highest BCUT2D eigenvalue weighted by Crippen LogP contribution is 2.26. The molecule has 0 aromatic heterocycles. The molecule has 1 amide bonds. The first-order chi connectivity index (χ1) is 14.6. The molecule has 0 atom stereocenters. The fourth-order valence-electron chi connectivity index (χ4n) is 3.91. The first-order valence-corrected chi connectivity index (χ1v) is 10.8. The molecule has 4 nitrogen and oxygen atoms in total. The minimum Gasteiger partial charge on any atom is -0.493 e. The highest BCUT2D eigenvalue weighted by Gasteiger charge is 2.25. The smallest absolute Gasteiger partial charge is 0.256 e. The van der Waals surface area contributed by atoms with Gasteiger partial charge >= 0.3 is 0 Å². The van der Waals surface area contributed by atoms with Gasteiger partial charge in [0.2, 0.25) is 0 Å². The van der Waals surface area contributed by atoms with Crippen molar-refractivity contribution in [2.45, 2.75) is 32.4 Å². The average Bonchev–Trinajstić information content (AvgIpc) is 2.72. The van der Waals surface area contributed by atoms with Gasteiger partial charge in [-0.15, -0.1) is 0 Å². The molecule has 2 aromatic carbocycles. The fourth-order valence-corrected chi connectivity index (χ4v) is 3.91. The van der Waals surface area contributed by atoms with Crippen molar-refractivity contribution in [2.75, 3.05) is 40.3 Å². The lowest BCUT2D eigenvalue weighted by Crippen LogP contribution is -2.41. The number of ether oxygens (including phenoxy) is 1. The van der Waals surface area contributed by atoms with Crippen LogP contribution in [0.1, 0.15) is 37.0 Å². The van der Waals surface area contributed by atoms with E-state index in [1.165, 1.54) is 17.0 Å². The molecule has 1 fully saturated rings. The lowest BCUT2D eigenvalue weighted by atomic mass is 9.97. The normalized spacial score (nSPS) is 15.7. The Morgan fingerprint density at radius 2 is 1.71 bits per heavy atom. The van der Waals surface area contributed by atoms with Crippen LogP contribution in [-0.4, -0.2) is 61.7 Å². The third-order valence-corrected chi connectivity index (χ3v) is 5.59. The summed E-state index contributed by atoms with van der Waals surface area (Å²) in [6.45, 7) is 6.17. The van der Waals surface area contributed by atoms with Crippen molar-refractivity contribution in [1.29, 1.82) is 0 Å². The molecule has 6 heteroatoms. The molecule has 1 saturated heterocycles. The number of nitrogens with zero attached hydrogens (tertiary/aromatic N) is 2. The van der Waals surface area contributed by atoms with E-state index in [1.807, 2.05) is 24.3 Å². The summed E-state index contributed by atoms with van der Waals surface area (Å²) in [5.41, 5.74) is 0.477. The van der Waals surface area contributed by atoms with Crippen LogP contribution in [0.4, 0.5) is 8.78 Å². The molecule has 0 bridgehead atoms. The average molecular weight is 431 g/mol. The highest BCUT2D eigenvalue weighted by atomic mass is 19.1. The molecular weight excluding hydrogens is 398 g/mol. The predicted molar refractivity (Wildman–Crippen MR) is 120 cm³/mol. The molecule has 0 spiro atoms. The quantitative estimate of drug-likeness (QED) is 0.617. The van der Waals surface area contributed by atoms with Crippen molar-refractivity contribution in [3.63, 3.8) is 0 Å². The number of hydrogen-bond acceptors (Lipinski definition) is 3. The van der Waals surface area contributed by atoms with Crippen LogP contribution in [0.15, 0.2) is 42.5 Å². The Morgan fingerprint density at radius 3 is 2.26 bits per heavy atom. The Balaban J connectivity index is 1.53. The molecule has 0 radical (unpaired) electrons. The summed E-state index contributed by atoms with van der Waals surface area (Å²) in [6, 6.07) is 12.2. The zero-order valence-electron chi connectivity index (χ0n) is 18.8. The number of piperidine rings is 1. The second-order valence-corrected chi connectivity index (χ2v) is 9.17. The van der Waals surface area contributed by atoms with Crippen LogP contribution in [0.5, 0.6) is 5.75 Å². The molecule has 31 heavy (non-hydrogen) atoms. The summed E-state index contributed by atoms with van der Waals surface area (Å²) in [5, 5.41) is 0. The van der Waals surface area contributed by atoms with Crippen LogP contribution < -0.4 is 4.74 Å². The second kappa shape index (κ2) is 9.77. The predicted octanol–water partition coefficient (Wildman–Crippen LogP) is 5.03. The van der Waals surface area contributed by atoms with Crippen molar-refractivity contribution >= 4 is 5.91 Å². The van der Waals surface area contributed by atoms with E-state index in [4.69, 9.17) is 4.74 Å². The van der Waals surface area contributed by atoms with E-state index in [0.717, 1.165) is 37.2 Å². The molecule has 0 saturated carbocycles. The summed E-state index contributed by atoms with van der Waals surface area (Å²) in [4.78, 5) is 15.5. The lowest BCUT2D eigenvalue weighted by molar-refractivity contribution is 0.0822. The summed E-state index contributed by atoms with van der Waals surface area (Å²) >= 11 is 0. The monoisotopic (exact) mass is 430 g/mol. The first kappa shape index (κ1) is 23.2. The Labute approximate surface area is 183 Å². The van der Waals surface area contributed by atoms with E-state index in [0.29, 0.717) is 24.6 Å². The maximum absolute atomic E-state index is 14.4. The molecule has 1 aliphatic heterocycles. The summed E-state index contributed by atoms with van der Waals surface area (Å²) < 4.78 is 34.1. The minimum atomic E-state index is -1.16. The molecule has 1 aliphatic rings. The molecule has 2 aromatic rings. The second-order valence-electron chi connectivity index (χ2n) is 9.17. The third-order valence-electron chi connectivity index (χ3n) is 5.59.